The number of nitrogens with one attached hydrogen (secondary N) is 1. The first-order chi connectivity index (χ1) is 17.8. The quantitative estimate of drug-likeness (QED) is 0.408. The van der Waals surface area contributed by atoms with Crippen LogP contribution in [-0.2, 0) is 4.79 Å². The molecule has 3 aromatic rings. The number of primary amides is 1. The van der Waals surface area contributed by atoms with Crippen LogP contribution in [0.4, 0.5) is 15.8 Å². The molecule has 4 rings (SSSR count). The first-order valence-corrected chi connectivity index (χ1v) is 12.7. The highest BCUT2D eigenvalue weighted by molar-refractivity contribution is 7.09. The molecule has 1 aromatic heterocycles. The second-order valence-corrected chi connectivity index (χ2v) is 9.58. The molecule has 1 aliphatic rings. The van der Waals surface area contributed by atoms with Crippen LogP contribution in [0.25, 0.3) is 0 Å². The SMILES string of the molecule is COc1ccc([C@@H](C(=O)NC2CCCCC2)N(C(=O)c2snc(C(N)=O)c2N)c2ccc(F)cc2)cc1. The lowest BCUT2D eigenvalue weighted by atomic mass is 9.94. The number of hydrogen-bond acceptors (Lipinski definition) is 7. The maximum Gasteiger partial charge on any atom is 0.273 e. The van der Waals surface area contributed by atoms with Gasteiger partial charge in [0.25, 0.3) is 11.8 Å². The standard InChI is InChI=1S/C26H28FN5O4S/c1-36-19-13-7-15(8-14-19)22(25(34)30-17-5-3-2-4-6-17)32(18-11-9-16(27)10-12-18)26(35)23-20(28)21(24(29)33)31-37-23/h7-14,17,22H,2-6,28H2,1H3,(H2,29,33)(H,30,34)/t22-/m0/s1. The normalized spacial score (nSPS) is 14.5. The van der Waals surface area contributed by atoms with Crippen molar-refractivity contribution < 1.29 is 23.5 Å². The zero-order chi connectivity index (χ0) is 26.5. The van der Waals surface area contributed by atoms with E-state index in [0.717, 1.165) is 32.1 Å². The van der Waals surface area contributed by atoms with Gasteiger partial charge in [-0.15, -0.1) is 0 Å². The third-order valence-corrected chi connectivity index (χ3v) is 7.22. The van der Waals surface area contributed by atoms with Crippen molar-refractivity contribution in [3.8, 4) is 5.75 Å². The van der Waals surface area contributed by atoms with Crippen LogP contribution < -0.4 is 26.4 Å². The van der Waals surface area contributed by atoms with Crippen LogP contribution in [0.2, 0.25) is 0 Å². The number of rotatable bonds is 8. The van der Waals surface area contributed by atoms with Gasteiger partial charge in [0, 0.05) is 11.7 Å². The van der Waals surface area contributed by atoms with E-state index in [1.807, 2.05) is 0 Å². The number of anilines is 2. The molecule has 0 saturated heterocycles. The molecule has 0 unspecified atom stereocenters. The van der Waals surface area contributed by atoms with E-state index in [1.165, 1.54) is 36.3 Å². The Morgan fingerprint density at radius 1 is 1.08 bits per heavy atom. The zero-order valence-electron chi connectivity index (χ0n) is 20.3. The molecule has 0 aliphatic heterocycles. The minimum Gasteiger partial charge on any atom is -0.497 e. The molecule has 0 radical (unpaired) electrons. The van der Waals surface area contributed by atoms with Gasteiger partial charge in [0.15, 0.2) is 5.69 Å². The minimum atomic E-state index is -1.13. The Morgan fingerprint density at radius 3 is 2.30 bits per heavy atom. The number of hydrogen-bond donors (Lipinski definition) is 3. The van der Waals surface area contributed by atoms with Crippen LogP contribution in [0.3, 0.4) is 0 Å². The molecule has 3 amide bonds. The van der Waals surface area contributed by atoms with Crippen molar-refractivity contribution in [1.82, 2.24) is 9.69 Å². The largest absolute Gasteiger partial charge is 0.497 e. The van der Waals surface area contributed by atoms with Crippen molar-refractivity contribution in [2.75, 3.05) is 17.7 Å². The number of nitrogens with zero attached hydrogens (tertiary/aromatic N) is 2. The maximum absolute atomic E-state index is 14.0. The van der Waals surface area contributed by atoms with Gasteiger partial charge in [-0.2, -0.15) is 4.37 Å². The van der Waals surface area contributed by atoms with Gasteiger partial charge < -0.3 is 21.5 Å². The number of carbonyl (C=O) groups is 3. The van der Waals surface area contributed by atoms with Gasteiger partial charge in [-0.3, -0.25) is 19.3 Å². The number of halogens is 1. The van der Waals surface area contributed by atoms with Gasteiger partial charge in [-0.25, -0.2) is 4.39 Å². The third-order valence-electron chi connectivity index (χ3n) is 6.37. The molecule has 5 N–H and O–H groups in total. The summed E-state index contributed by atoms with van der Waals surface area (Å²) >= 11 is 0.712. The fourth-order valence-corrected chi connectivity index (χ4v) is 5.20. The number of methoxy groups -OCH3 is 1. The summed E-state index contributed by atoms with van der Waals surface area (Å²) in [6, 6.07) is 10.8. The Morgan fingerprint density at radius 2 is 1.73 bits per heavy atom. The maximum atomic E-state index is 14.0. The Kier molecular flexibility index (Phi) is 8.02. The van der Waals surface area contributed by atoms with Gasteiger partial charge in [-0.1, -0.05) is 31.4 Å². The molecule has 1 aliphatic carbocycles. The van der Waals surface area contributed by atoms with E-state index in [2.05, 4.69) is 9.69 Å². The van der Waals surface area contributed by atoms with Crippen LogP contribution in [0.1, 0.15) is 63.9 Å². The lowest BCUT2D eigenvalue weighted by molar-refractivity contribution is -0.123. The number of aromatic nitrogens is 1. The highest BCUT2D eigenvalue weighted by atomic mass is 32.1. The Bertz CT molecular complexity index is 1270. The smallest absolute Gasteiger partial charge is 0.273 e. The average Bonchev–Trinajstić information content (AvgIpc) is 3.29. The predicted molar refractivity (Wildman–Crippen MR) is 139 cm³/mol. The number of carbonyl (C=O) groups excluding carboxylic acids is 3. The van der Waals surface area contributed by atoms with Gasteiger partial charge >= 0.3 is 0 Å². The number of ether oxygens (including phenoxy) is 1. The van der Waals surface area contributed by atoms with E-state index in [9.17, 15) is 18.8 Å². The van der Waals surface area contributed by atoms with Crippen LogP contribution in [-0.4, -0.2) is 35.2 Å². The molecule has 2 aromatic carbocycles. The van der Waals surface area contributed by atoms with E-state index in [0.29, 0.717) is 22.8 Å². The molecular weight excluding hydrogens is 497 g/mol. The zero-order valence-corrected chi connectivity index (χ0v) is 21.1. The first kappa shape index (κ1) is 26.1. The molecular formula is C26H28FN5O4S. The van der Waals surface area contributed by atoms with E-state index in [1.54, 1.807) is 24.3 Å². The van der Waals surface area contributed by atoms with E-state index >= 15 is 0 Å². The molecule has 0 bridgehead atoms. The summed E-state index contributed by atoms with van der Waals surface area (Å²) in [5, 5.41) is 3.10. The Balaban J connectivity index is 1.83. The summed E-state index contributed by atoms with van der Waals surface area (Å²) in [6.07, 6.45) is 4.81. The van der Waals surface area contributed by atoms with Gasteiger partial charge in [-0.05, 0) is 66.3 Å². The fourth-order valence-electron chi connectivity index (χ4n) is 4.45. The lowest BCUT2D eigenvalue weighted by Gasteiger charge is -2.33. The highest BCUT2D eigenvalue weighted by Gasteiger charge is 2.37. The van der Waals surface area contributed by atoms with E-state index in [-0.39, 0.29) is 28.0 Å². The Hall–Kier alpha value is -3.99. The molecule has 1 heterocycles. The van der Waals surface area contributed by atoms with Crippen molar-refractivity contribution in [2.24, 2.45) is 5.73 Å². The van der Waals surface area contributed by atoms with Crippen molar-refractivity contribution in [2.45, 2.75) is 44.2 Å². The van der Waals surface area contributed by atoms with E-state index < -0.39 is 29.6 Å². The number of amides is 3. The number of benzene rings is 2. The van der Waals surface area contributed by atoms with Crippen molar-refractivity contribution in [1.29, 1.82) is 0 Å². The topological polar surface area (TPSA) is 141 Å². The summed E-state index contributed by atoms with van der Waals surface area (Å²) in [6.45, 7) is 0. The van der Waals surface area contributed by atoms with Crippen molar-refractivity contribution in [3.63, 3.8) is 0 Å². The van der Waals surface area contributed by atoms with Gasteiger partial charge in [0.05, 0.1) is 12.8 Å². The Labute approximate surface area is 217 Å². The third kappa shape index (κ3) is 5.72. The molecule has 194 valence electrons. The predicted octanol–water partition coefficient (Wildman–Crippen LogP) is 3.81. The monoisotopic (exact) mass is 525 g/mol. The first-order valence-electron chi connectivity index (χ1n) is 11.9. The summed E-state index contributed by atoms with van der Waals surface area (Å²) in [5.74, 6) is -1.87. The van der Waals surface area contributed by atoms with Crippen LogP contribution in [0, 0.1) is 5.82 Å². The molecule has 1 atom stereocenters. The van der Waals surface area contributed by atoms with Gasteiger partial charge in [0.2, 0.25) is 5.91 Å². The molecule has 37 heavy (non-hydrogen) atoms. The van der Waals surface area contributed by atoms with E-state index in [4.69, 9.17) is 16.2 Å². The molecule has 1 fully saturated rings. The average molecular weight is 526 g/mol. The second kappa shape index (κ2) is 11.4. The summed E-state index contributed by atoms with van der Waals surface area (Å²) in [4.78, 5) is 40.8. The lowest BCUT2D eigenvalue weighted by Crippen LogP contribution is -2.47. The van der Waals surface area contributed by atoms with Crippen LogP contribution >= 0.6 is 11.5 Å². The van der Waals surface area contributed by atoms with Crippen molar-refractivity contribution in [3.05, 3.63) is 70.5 Å². The summed E-state index contributed by atoms with van der Waals surface area (Å²) < 4.78 is 23.0. The van der Waals surface area contributed by atoms with Crippen molar-refractivity contribution >= 4 is 40.6 Å². The highest BCUT2D eigenvalue weighted by Crippen LogP contribution is 2.34. The second-order valence-electron chi connectivity index (χ2n) is 8.81. The molecule has 0 spiro atoms. The van der Waals surface area contributed by atoms with Crippen LogP contribution in [0.5, 0.6) is 5.75 Å². The summed E-state index contributed by atoms with van der Waals surface area (Å²) in [5.41, 5.74) is 11.8. The number of nitrogens with two attached hydrogens (primary N) is 2. The fraction of sp³-hybridized carbons (Fsp3) is 0.308. The summed E-state index contributed by atoms with van der Waals surface area (Å²) in [7, 11) is 1.53. The molecule has 11 heteroatoms. The molecule has 9 nitrogen and oxygen atoms in total. The number of nitrogen functional groups attached to an aromatic ring is 1. The molecule has 1 saturated carbocycles. The van der Waals surface area contributed by atoms with Crippen LogP contribution in [0.15, 0.2) is 48.5 Å². The van der Waals surface area contributed by atoms with Gasteiger partial charge in [0.1, 0.15) is 22.5 Å². The minimum absolute atomic E-state index is 0.0258.